The van der Waals surface area contributed by atoms with Crippen LogP contribution in [0.3, 0.4) is 0 Å². The van der Waals surface area contributed by atoms with E-state index in [1.165, 1.54) is 6.92 Å². The predicted molar refractivity (Wildman–Crippen MR) is 66.3 cm³/mol. The van der Waals surface area contributed by atoms with Crippen LogP contribution in [0.25, 0.3) is 4.91 Å². The normalized spacial score (nSPS) is 12.5. The Labute approximate surface area is 97.7 Å². The lowest BCUT2D eigenvalue weighted by molar-refractivity contribution is -0.118. The fraction of sp³-hybridized carbons (Fsp3) is 0.444. The molecular formula is C9H15N3OS2. The van der Waals surface area contributed by atoms with Crippen LogP contribution in [0.2, 0.25) is 0 Å². The van der Waals surface area contributed by atoms with Crippen LogP contribution in [-0.4, -0.2) is 15.7 Å². The molecule has 0 fully saturated rings. The Morgan fingerprint density at radius 1 is 1.67 bits per heavy atom. The number of hydrogen-bond donors (Lipinski definition) is 2. The molecule has 0 spiro atoms. The van der Waals surface area contributed by atoms with E-state index in [1.807, 2.05) is 23.3 Å². The molecule has 0 unspecified atom stereocenters. The molecule has 0 saturated heterocycles. The molecule has 1 aromatic rings. The molecule has 0 aromatic carbocycles. The molecule has 0 aliphatic heterocycles. The van der Waals surface area contributed by atoms with Gasteiger partial charge in [-0.2, -0.15) is 0 Å². The molecular weight excluding hydrogens is 230 g/mol. The van der Waals surface area contributed by atoms with Crippen LogP contribution in [0.1, 0.15) is 19.5 Å². The average molecular weight is 245 g/mol. The lowest BCUT2D eigenvalue weighted by Crippen LogP contribution is -2.19. The van der Waals surface area contributed by atoms with Crippen molar-refractivity contribution < 1.29 is 4.79 Å². The number of aromatic nitrogens is 1. The standard InChI is InChI=1S/C9H15N3OS2/c1-6(10)9(8-4-15-12(8)3)14-5-11-7(2)13/h4H,5,10H2,1-3H3,(H,11,13)/b9-6-. The summed E-state index contributed by atoms with van der Waals surface area (Å²) in [7, 11) is 1.99. The van der Waals surface area contributed by atoms with Crippen molar-refractivity contribution in [1.82, 2.24) is 9.27 Å². The topological polar surface area (TPSA) is 60.1 Å². The van der Waals surface area contributed by atoms with Gasteiger partial charge in [-0.25, -0.2) is 0 Å². The van der Waals surface area contributed by atoms with Gasteiger partial charge in [-0.1, -0.05) is 11.5 Å². The van der Waals surface area contributed by atoms with Crippen molar-refractivity contribution >= 4 is 34.1 Å². The molecule has 6 heteroatoms. The molecule has 4 nitrogen and oxygen atoms in total. The number of carbonyl (C=O) groups excluding carboxylic acids is 1. The van der Waals surface area contributed by atoms with Crippen molar-refractivity contribution in [3.05, 3.63) is 16.8 Å². The molecule has 0 saturated carbocycles. The van der Waals surface area contributed by atoms with Crippen LogP contribution in [-0.2, 0) is 11.8 Å². The van der Waals surface area contributed by atoms with E-state index in [0.717, 1.165) is 16.3 Å². The molecule has 84 valence electrons. The summed E-state index contributed by atoms with van der Waals surface area (Å²) in [4.78, 5) is 11.7. The predicted octanol–water partition coefficient (Wildman–Crippen LogP) is 1.56. The van der Waals surface area contributed by atoms with Gasteiger partial charge in [-0.05, 0) is 6.92 Å². The van der Waals surface area contributed by atoms with E-state index in [1.54, 1.807) is 23.3 Å². The van der Waals surface area contributed by atoms with Gasteiger partial charge in [0.1, 0.15) is 0 Å². The number of rotatable bonds is 4. The summed E-state index contributed by atoms with van der Waals surface area (Å²) in [6, 6.07) is 0. The first kappa shape index (κ1) is 12.2. The number of amides is 1. The maximum absolute atomic E-state index is 10.7. The molecule has 0 radical (unpaired) electrons. The van der Waals surface area contributed by atoms with Gasteiger partial charge in [-0.3, -0.25) is 8.75 Å². The van der Waals surface area contributed by atoms with Crippen LogP contribution in [0.5, 0.6) is 0 Å². The molecule has 0 atom stereocenters. The minimum absolute atomic E-state index is 0.0261. The number of aryl methyl sites for hydroxylation is 1. The minimum atomic E-state index is -0.0261. The summed E-state index contributed by atoms with van der Waals surface area (Å²) in [6.45, 7) is 3.37. The van der Waals surface area contributed by atoms with Gasteiger partial charge in [-0.15, -0.1) is 11.8 Å². The van der Waals surface area contributed by atoms with Crippen LogP contribution in [0.4, 0.5) is 0 Å². The Hall–Kier alpha value is -0.880. The number of nitrogens with zero attached hydrogens (tertiary/aromatic N) is 1. The Bertz CT molecular complexity index is 374. The van der Waals surface area contributed by atoms with Gasteiger partial charge >= 0.3 is 0 Å². The van der Waals surface area contributed by atoms with E-state index in [-0.39, 0.29) is 5.91 Å². The molecule has 1 rings (SSSR count). The molecule has 1 amide bonds. The van der Waals surface area contributed by atoms with Gasteiger partial charge in [0, 0.05) is 25.0 Å². The van der Waals surface area contributed by atoms with Crippen molar-refractivity contribution in [2.45, 2.75) is 13.8 Å². The number of nitrogens with one attached hydrogen (secondary N) is 1. The summed E-state index contributed by atoms with van der Waals surface area (Å²) >= 11 is 3.18. The second-order valence-corrected chi connectivity index (χ2v) is 5.12. The van der Waals surface area contributed by atoms with Crippen LogP contribution < -0.4 is 11.1 Å². The van der Waals surface area contributed by atoms with E-state index in [2.05, 4.69) is 5.32 Å². The molecule has 15 heavy (non-hydrogen) atoms. The van der Waals surface area contributed by atoms with Gasteiger partial charge in [0.15, 0.2) is 0 Å². The third-order valence-corrected chi connectivity index (χ3v) is 3.74. The highest BCUT2D eigenvalue weighted by Gasteiger charge is 2.10. The number of nitrogens with two attached hydrogens (primary N) is 1. The molecule has 1 aromatic heterocycles. The second-order valence-electron chi connectivity index (χ2n) is 3.14. The zero-order valence-corrected chi connectivity index (χ0v) is 10.7. The van der Waals surface area contributed by atoms with Gasteiger partial charge < -0.3 is 11.1 Å². The lowest BCUT2D eigenvalue weighted by Gasteiger charge is -2.15. The lowest BCUT2D eigenvalue weighted by atomic mass is 10.4. The number of allylic oxidation sites excluding steroid dienone is 1. The summed E-state index contributed by atoms with van der Waals surface area (Å²) in [6.07, 6.45) is 0. The van der Waals surface area contributed by atoms with Crippen molar-refractivity contribution in [2.24, 2.45) is 12.8 Å². The van der Waals surface area contributed by atoms with E-state index in [4.69, 9.17) is 5.73 Å². The molecule has 3 N–H and O–H groups in total. The molecule has 0 bridgehead atoms. The summed E-state index contributed by atoms with van der Waals surface area (Å²) in [5.41, 5.74) is 7.70. The Balaban J connectivity index is 2.61. The maximum Gasteiger partial charge on any atom is 0.217 e. The average Bonchev–Trinajstić information content (AvgIpc) is 2.13. The van der Waals surface area contributed by atoms with Crippen molar-refractivity contribution in [2.75, 3.05) is 5.88 Å². The van der Waals surface area contributed by atoms with Gasteiger partial charge in [0.25, 0.3) is 0 Å². The van der Waals surface area contributed by atoms with Crippen LogP contribution >= 0.6 is 23.3 Å². The Morgan fingerprint density at radius 3 is 2.67 bits per heavy atom. The molecule has 1 heterocycles. The largest absolute Gasteiger partial charge is 0.401 e. The summed E-state index contributed by atoms with van der Waals surface area (Å²) in [5, 5.41) is 4.78. The van der Waals surface area contributed by atoms with E-state index in [9.17, 15) is 4.79 Å². The van der Waals surface area contributed by atoms with Gasteiger partial charge in [0.05, 0.1) is 16.5 Å². The fourth-order valence-electron chi connectivity index (χ4n) is 1.01. The first-order valence-corrected chi connectivity index (χ1v) is 6.29. The third-order valence-electron chi connectivity index (χ3n) is 1.79. The number of thioether (sulfide) groups is 1. The van der Waals surface area contributed by atoms with E-state index >= 15 is 0 Å². The van der Waals surface area contributed by atoms with Crippen LogP contribution in [0, 0.1) is 0 Å². The second kappa shape index (κ2) is 5.27. The SMILES string of the molecule is CC(=O)NCS/C(=C(/C)N)c1csn1C. The monoisotopic (exact) mass is 245 g/mol. The first-order valence-electron chi connectivity index (χ1n) is 4.47. The zero-order valence-electron chi connectivity index (χ0n) is 9.03. The highest BCUT2D eigenvalue weighted by Crippen LogP contribution is 2.31. The highest BCUT2D eigenvalue weighted by atomic mass is 32.2. The highest BCUT2D eigenvalue weighted by molar-refractivity contribution is 8.08. The smallest absolute Gasteiger partial charge is 0.217 e. The van der Waals surface area contributed by atoms with Crippen LogP contribution in [0.15, 0.2) is 11.1 Å². The zero-order chi connectivity index (χ0) is 11.4. The van der Waals surface area contributed by atoms with Gasteiger partial charge in [0.2, 0.25) is 5.91 Å². The fourth-order valence-corrected chi connectivity index (χ4v) is 2.76. The quantitative estimate of drug-likeness (QED) is 0.791. The van der Waals surface area contributed by atoms with Crippen molar-refractivity contribution in [1.29, 1.82) is 0 Å². The Kier molecular flexibility index (Phi) is 4.28. The summed E-state index contributed by atoms with van der Waals surface area (Å²) < 4.78 is 2.05. The third kappa shape index (κ3) is 3.32. The molecule has 0 aliphatic rings. The molecule has 0 aliphatic carbocycles. The van der Waals surface area contributed by atoms with Crippen molar-refractivity contribution in [3.63, 3.8) is 0 Å². The minimum Gasteiger partial charge on any atom is -0.401 e. The Morgan fingerprint density at radius 2 is 2.33 bits per heavy atom. The number of carbonyl (C=O) groups is 1. The van der Waals surface area contributed by atoms with E-state index < -0.39 is 0 Å². The van der Waals surface area contributed by atoms with E-state index in [0.29, 0.717) is 5.88 Å². The maximum atomic E-state index is 10.7. The summed E-state index contributed by atoms with van der Waals surface area (Å²) in [5.74, 6) is 0.525. The number of hydrogen-bond acceptors (Lipinski definition) is 4. The first-order chi connectivity index (χ1) is 7.02. The van der Waals surface area contributed by atoms with Crippen molar-refractivity contribution in [3.8, 4) is 0 Å².